The average molecular weight is 470 g/mol. The van der Waals surface area contributed by atoms with Crippen LogP contribution in [0.15, 0.2) is 53.4 Å². The number of hydrogen-bond donors (Lipinski definition) is 0. The molecule has 0 atom stereocenters. The van der Waals surface area contributed by atoms with E-state index in [9.17, 15) is 18.0 Å². The number of carbonyl (C=O) groups is 2. The molecule has 176 valence electrons. The Morgan fingerprint density at radius 3 is 2.36 bits per heavy atom. The minimum Gasteiger partial charge on any atom is -0.343 e. The van der Waals surface area contributed by atoms with Crippen LogP contribution in [0, 0.1) is 5.92 Å². The smallest absolute Gasteiger partial charge is 0.264 e. The molecular formula is C25H31N3O4S. The van der Waals surface area contributed by atoms with Crippen LogP contribution in [-0.4, -0.2) is 62.8 Å². The van der Waals surface area contributed by atoms with Crippen LogP contribution in [0.1, 0.15) is 42.6 Å². The summed E-state index contributed by atoms with van der Waals surface area (Å²) >= 11 is 0. The number of likely N-dealkylation sites (tertiary alicyclic amines) is 1. The van der Waals surface area contributed by atoms with Crippen LogP contribution in [0.25, 0.3) is 0 Å². The number of carbonyl (C=O) groups excluding carboxylic acids is 2. The Labute approximate surface area is 196 Å². The van der Waals surface area contributed by atoms with E-state index >= 15 is 0 Å². The van der Waals surface area contributed by atoms with Crippen LogP contribution in [0.2, 0.25) is 0 Å². The standard InChI is InChI=1S/C25H31N3O4S/c1-3-26(4-2)24(29)20-12-15-27(16-13-20)25(30)21-9-7-10-22(18-21)33(31,32)28-17-14-19-8-5-6-11-23(19)28/h5-11,18,20H,3-4,12-17H2,1-2H3. The van der Waals surface area contributed by atoms with Crippen molar-refractivity contribution in [3.05, 3.63) is 59.7 Å². The van der Waals surface area contributed by atoms with E-state index in [4.69, 9.17) is 0 Å². The average Bonchev–Trinajstić information content (AvgIpc) is 3.29. The van der Waals surface area contributed by atoms with E-state index in [1.54, 1.807) is 23.1 Å². The maximum atomic E-state index is 13.3. The van der Waals surface area contributed by atoms with E-state index in [1.165, 1.54) is 10.4 Å². The molecule has 0 radical (unpaired) electrons. The summed E-state index contributed by atoms with van der Waals surface area (Å²) in [5.74, 6) is -0.0930. The van der Waals surface area contributed by atoms with Gasteiger partial charge in [-0.05, 0) is 62.9 Å². The van der Waals surface area contributed by atoms with Gasteiger partial charge in [0.05, 0.1) is 10.6 Å². The van der Waals surface area contributed by atoms with Crippen molar-refractivity contribution >= 4 is 27.5 Å². The molecule has 2 heterocycles. The molecule has 0 unspecified atom stereocenters. The van der Waals surface area contributed by atoms with Gasteiger partial charge in [-0.3, -0.25) is 13.9 Å². The van der Waals surface area contributed by atoms with Crippen molar-refractivity contribution in [2.75, 3.05) is 37.0 Å². The number of nitrogens with zero attached hydrogens (tertiary/aromatic N) is 3. The highest BCUT2D eigenvalue weighted by molar-refractivity contribution is 7.92. The third-order valence-corrected chi connectivity index (χ3v) is 8.53. The van der Waals surface area contributed by atoms with E-state index in [2.05, 4.69) is 0 Å². The topological polar surface area (TPSA) is 78.0 Å². The monoisotopic (exact) mass is 469 g/mol. The highest BCUT2D eigenvalue weighted by Gasteiger charge is 2.32. The zero-order chi connectivity index (χ0) is 23.6. The number of sulfonamides is 1. The minimum absolute atomic E-state index is 0.0594. The van der Waals surface area contributed by atoms with Crippen LogP contribution in [-0.2, 0) is 21.2 Å². The molecule has 0 aliphatic carbocycles. The summed E-state index contributed by atoms with van der Waals surface area (Å²) in [6, 6.07) is 13.8. The second-order valence-electron chi connectivity index (χ2n) is 8.56. The predicted molar refractivity (Wildman–Crippen MR) is 128 cm³/mol. The molecule has 2 aliphatic heterocycles. The first-order valence-corrected chi connectivity index (χ1v) is 13.1. The Morgan fingerprint density at radius 2 is 1.67 bits per heavy atom. The summed E-state index contributed by atoms with van der Waals surface area (Å²) in [4.78, 5) is 29.5. The Balaban J connectivity index is 1.47. The van der Waals surface area contributed by atoms with Crippen LogP contribution in [0.5, 0.6) is 0 Å². The van der Waals surface area contributed by atoms with Crippen molar-refractivity contribution in [2.45, 2.75) is 38.0 Å². The van der Waals surface area contributed by atoms with Gasteiger partial charge in [-0.1, -0.05) is 24.3 Å². The summed E-state index contributed by atoms with van der Waals surface area (Å²) in [6.45, 7) is 6.71. The van der Waals surface area contributed by atoms with Crippen LogP contribution >= 0.6 is 0 Å². The number of anilines is 1. The van der Waals surface area contributed by atoms with Crippen molar-refractivity contribution in [3.63, 3.8) is 0 Å². The zero-order valence-electron chi connectivity index (χ0n) is 19.2. The number of amides is 2. The summed E-state index contributed by atoms with van der Waals surface area (Å²) in [5, 5.41) is 0. The molecular weight excluding hydrogens is 438 g/mol. The molecule has 1 saturated heterocycles. The molecule has 0 spiro atoms. The first-order valence-electron chi connectivity index (χ1n) is 11.7. The zero-order valence-corrected chi connectivity index (χ0v) is 20.1. The molecule has 0 saturated carbocycles. The Kier molecular flexibility index (Phi) is 6.74. The lowest BCUT2D eigenvalue weighted by atomic mass is 9.94. The summed E-state index contributed by atoms with van der Waals surface area (Å²) < 4.78 is 28.1. The second kappa shape index (κ2) is 9.55. The highest BCUT2D eigenvalue weighted by atomic mass is 32.2. The van der Waals surface area contributed by atoms with Gasteiger partial charge < -0.3 is 9.80 Å². The van der Waals surface area contributed by atoms with E-state index in [1.807, 2.05) is 43.0 Å². The van der Waals surface area contributed by atoms with Crippen LogP contribution in [0.3, 0.4) is 0 Å². The van der Waals surface area contributed by atoms with E-state index < -0.39 is 10.0 Å². The quantitative estimate of drug-likeness (QED) is 0.651. The van der Waals surface area contributed by atoms with Gasteiger partial charge in [-0.25, -0.2) is 8.42 Å². The molecule has 2 amide bonds. The molecule has 7 nitrogen and oxygen atoms in total. The van der Waals surface area contributed by atoms with Gasteiger partial charge in [0.25, 0.3) is 15.9 Å². The van der Waals surface area contributed by atoms with Gasteiger partial charge in [0.15, 0.2) is 0 Å². The van der Waals surface area contributed by atoms with Crippen molar-refractivity contribution in [3.8, 4) is 0 Å². The number of rotatable bonds is 6. The predicted octanol–water partition coefficient (Wildman–Crippen LogP) is 3.16. The summed E-state index contributed by atoms with van der Waals surface area (Å²) in [5.41, 5.74) is 2.07. The Hall–Kier alpha value is -2.87. The summed E-state index contributed by atoms with van der Waals surface area (Å²) in [6.07, 6.45) is 1.93. The van der Waals surface area contributed by atoms with Gasteiger partial charge >= 0.3 is 0 Å². The molecule has 33 heavy (non-hydrogen) atoms. The van der Waals surface area contributed by atoms with Gasteiger partial charge in [-0.2, -0.15) is 0 Å². The molecule has 8 heteroatoms. The number of para-hydroxylation sites is 1. The van der Waals surface area contributed by atoms with Gasteiger partial charge in [0.1, 0.15) is 0 Å². The van der Waals surface area contributed by atoms with E-state index in [0.29, 0.717) is 63.2 Å². The van der Waals surface area contributed by atoms with Crippen molar-refractivity contribution < 1.29 is 18.0 Å². The van der Waals surface area contributed by atoms with Gasteiger partial charge in [0.2, 0.25) is 5.91 Å². The number of hydrogen-bond acceptors (Lipinski definition) is 4. The van der Waals surface area contributed by atoms with Gasteiger partial charge in [0, 0.05) is 44.2 Å². The highest BCUT2D eigenvalue weighted by Crippen LogP contribution is 2.33. The molecule has 2 aromatic rings. The number of fused-ring (bicyclic) bond motifs is 1. The first kappa shape index (κ1) is 23.3. The fourth-order valence-electron chi connectivity index (χ4n) is 4.78. The SMILES string of the molecule is CCN(CC)C(=O)C1CCN(C(=O)c2cccc(S(=O)(=O)N3CCc4ccccc43)c2)CC1. The second-order valence-corrected chi connectivity index (χ2v) is 10.4. The largest absolute Gasteiger partial charge is 0.343 e. The fourth-order valence-corrected chi connectivity index (χ4v) is 6.33. The van der Waals surface area contributed by atoms with Crippen LogP contribution in [0.4, 0.5) is 5.69 Å². The lowest BCUT2D eigenvalue weighted by molar-refractivity contribution is -0.136. The molecule has 0 aromatic heterocycles. The third kappa shape index (κ3) is 4.49. The van der Waals surface area contributed by atoms with Crippen molar-refractivity contribution in [1.82, 2.24) is 9.80 Å². The lowest BCUT2D eigenvalue weighted by Crippen LogP contribution is -2.44. The Morgan fingerprint density at radius 1 is 0.970 bits per heavy atom. The van der Waals surface area contributed by atoms with E-state index in [0.717, 1.165) is 5.56 Å². The molecule has 4 rings (SSSR count). The fraction of sp³-hybridized carbons (Fsp3) is 0.440. The summed E-state index contributed by atoms with van der Waals surface area (Å²) in [7, 11) is -3.76. The van der Waals surface area contributed by atoms with Crippen molar-refractivity contribution in [1.29, 1.82) is 0 Å². The maximum absolute atomic E-state index is 13.3. The number of benzene rings is 2. The van der Waals surface area contributed by atoms with E-state index in [-0.39, 0.29) is 22.6 Å². The number of piperidine rings is 1. The third-order valence-electron chi connectivity index (χ3n) is 6.72. The van der Waals surface area contributed by atoms with Crippen LogP contribution < -0.4 is 4.31 Å². The normalized spacial score (nSPS) is 16.5. The van der Waals surface area contributed by atoms with Gasteiger partial charge in [-0.15, -0.1) is 0 Å². The first-order chi connectivity index (χ1) is 15.9. The lowest BCUT2D eigenvalue weighted by Gasteiger charge is -2.33. The molecule has 0 bridgehead atoms. The maximum Gasteiger partial charge on any atom is 0.264 e. The Bertz CT molecular complexity index is 1140. The minimum atomic E-state index is -3.76. The molecule has 2 aliphatic rings. The molecule has 1 fully saturated rings. The molecule has 2 aromatic carbocycles. The molecule has 0 N–H and O–H groups in total. The van der Waals surface area contributed by atoms with Crippen molar-refractivity contribution in [2.24, 2.45) is 5.92 Å².